The number of rotatable bonds is 1. The van der Waals surface area contributed by atoms with Crippen LogP contribution >= 0.6 is 0 Å². The van der Waals surface area contributed by atoms with Gasteiger partial charge in [0.15, 0.2) is 0 Å². The molecule has 5 heteroatoms. The van der Waals surface area contributed by atoms with Crippen LogP contribution in [-0.2, 0) is 4.74 Å². The molecule has 0 aromatic heterocycles. The first-order valence-electron chi connectivity index (χ1n) is 2.88. The van der Waals surface area contributed by atoms with Crippen molar-refractivity contribution < 1.29 is 24.4 Å². The molecule has 1 aliphatic rings. The number of hydrogen-bond acceptors (Lipinski definition) is 4. The van der Waals surface area contributed by atoms with Gasteiger partial charge in [-0.25, -0.2) is 4.39 Å². The molecular weight excluding hydrogens is 143 g/mol. The van der Waals surface area contributed by atoms with Crippen LogP contribution in [0.1, 0.15) is 0 Å². The van der Waals surface area contributed by atoms with Crippen LogP contribution in [0.3, 0.4) is 0 Å². The van der Waals surface area contributed by atoms with E-state index in [-0.39, 0.29) is 6.61 Å². The Morgan fingerprint density at radius 2 is 2.20 bits per heavy atom. The van der Waals surface area contributed by atoms with E-state index in [0.717, 1.165) is 0 Å². The molecule has 1 rings (SSSR count). The van der Waals surface area contributed by atoms with Crippen molar-refractivity contribution in [2.24, 2.45) is 0 Å². The van der Waals surface area contributed by atoms with E-state index < -0.39 is 24.7 Å². The van der Waals surface area contributed by atoms with Gasteiger partial charge in [-0.1, -0.05) is 0 Å². The normalized spacial score (nSPS) is 48.0. The topological polar surface area (TPSA) is 69.9 Å². The van der Waals surface area contributed by atoms with Gasteiger partial charge in [-0.3, -0.25) is 0 Å². The Bertz CT molecular complexity index is 131. The predicted octanol–water partition coefficient (Wildman–Crippen LogP) is -1.60. The fraction of sp³-hybridized carbons (Fsp3) is 1.00. The summed E-state index contributed by atoms with van der Waals surface area (Å²) in [5, 5.41) is 26.5. The highest BCUT2D eigenvalue weighted by molar-refractivity contribution is 4.88. The lowest BCUT2D eigenvalue weighted by atomic mass is 10.1. The Balaban J connectivity index is 2.64. The fourth-order valence-electron chi connectivity index (χ4n) is 0.824. The minimum absolute atomic E-state index is 0.235. The van der Waals surface area contributed by atoms with Crippen molar-refractivity contribution >= 4 is 0 Å². The average Bonchev–Trinajstić information content (AvgIpc) is 2.19. The third-order valence-corrected chi connectivity index (χ3v) is 1.52. The van der Waals surface area contributed by atoms with Crippen LogP contribution in [0.25, 0.3) is 0 Å². The van der Waals surface area contributed by atoms with Gasteiger partial charge in [0.1, 0.15) is 18.9 Å². The maximum absolute atomic E-state index is 11.9. The summed E-state index contributed by atoms with van der Waals surface area (Å²) >= 11 is 0. The second kappa shape index (κ2) is 2.43. The largest absolute Gasteiger partial charge is 0.388 e. The second-order valence-corrected chi connectivity index (χ2v) is 2.30. The molecule has 0 spiro atoms. The molecule has 1 saturated heterocycles. The summed E-state index contributed by atoms with van der Waals surface area (Å²) in [5.74, 6) is -2.20. The minimum Gasteiger partial charge on any atom is -0.388 e. The zero-order chi connectivity index (χ0) is 7.78. The van der Waals surface area contributed by atoms with E-state index in [1.54, 1.807) is 0 Å². The molecule has 0 amide bonds. The van der Waals surface area contributed by atoms with E-state index in [1.807, 2.05) is 0 Å². The highest BCUT2D eigenvalue weighted by atomic mass is 19.1. The molecule has 0 aromatic rings. The van der Waals surface area contributed by atoms with Crippen LogP contribution < -0.4 is 0 Å². The highest BCUT2D eigenvalue weighted by Gasteiger charge is 2.47. The lowest BCUT2D eigenvalue weighted by Gasteiger charge is -2.21. The Kier molecular flexibility index (Phi) is 1.91. The Morgan fingerprint density at radius 1 is 1.60 bits per heavy atom. The average molecular weight is 152 g/mol. The van der Waals surface area contributed by atoms with Gasteiger partial charge in [0.05, 0.1) is 6.61 Å². The van der Waals surface area contributed by atoms with E-state index in [9.17, 15) is 4.39 Å². The number of aliphatic hydroxyl groups is 3. The molecule has 10 heavy (non-hydrogen) atoms. The molecule has 4 nitrogen and oxygen atoms in total. The van der Waals surface area contributed by atoms with Crippen molar-refractivity contribution in [3.8, 4) is 0 Å². The van der Waals surface area contributed by atoms with Crippen LogP contribution in [0.2, 0.25) is 0 Å². The third-order valence-electron chi connectivity index (χ3n) is 1.52. The Labute approximate surface area is 56.9 Å². The molecular formula is C5H9FO4. The SMILES string of the molecule is O[C@@H]1CO[C@@](O)(CF)[C@H]1O. The summed E-state index contributed by atoms with van der Waals surface area (Å²) in [6.45, 7) is -1.45. The van der Waals surface area contributed by atoms with Gasteiger partial charge in [-0.2, -0.15) is 0 Å². The van der Waals surface area contributed by atoms with Crippen LogP contribution in [0, 0.1) is 0 Å². The fourth-order valence-corrected chi connectivity index (χ4v) is 0.824. The molecule has 3 atom stereocenters. The van der Waals surface area contributed by atoms with Gasteiger partial charge in [-0.05, 0) is 0 Å². The van der Waals surface area contributed by atoms with Crippen LogP contribution in [0.15, 0.2) is 0 Å². The first kappa shape index (κ1) is 7.87. The zero-order valence-corrected chi connectivity index (χ0v) is 5.20. The molecule has 0 radical (unpaired) electrons. The number of hydrogen-bond donors (Lipinski definition) is 3. The van der Waals surface area contributed by atoms with Gasteiger partial charge >= 0.3 is 0 Å². The quantitative estimate of drug-likeness (QED) is 0.423. The van der Waals surface area contributed by atoms with Gasteiger partial charge in [0, 0.05) is 0 Å². The van der Waals surface area contributed by atoms with E-state index in [4.69, 9.17) is 15.3 Å². The molecule has 1 heterocycles. The molecule has 60 valence electrons. The monoisotopic (exact) mass is 152 g/mol. The smallest absolute Gasteiger partial charge is 0.224 e. The first-order chi connectivity index (χ1) is 4.60. The number of ether oxygens (including phenoxy) is 1. The second-order valence-electron chi connectivity index (χ2n) is 2.30. The van der Waals surface area contributed by atoms with E-state index in [0.29, 0.717) is 0 Å². The summed E-state index contributed by atoms with van der Waals surface area (Å²) in [5.41, 5.74) is 0. The van der Waals surface area contributed by atoms with Gasteiger partial charge in [0.25, 0.3) is 0 Å². The van der Waals surface area contributed by atoms with Crippen molar-refractivity contribution in [2.75, 3.05) is 13.3 Å². The number of aliphatic hydroxyl groups excluding tert-OH is 2. The maximum Gasteiger partial charge on any atom is 0.224 e. The highest BCUT2D eigenvalue weighted by Crippen LogP contribution is 2.23. The van der Waals surface area contributed by atoms with Crippen molar-refractivity contribution in [1.29, 1.82) is 0 Å². The Morgan fingerprint density at radius 3 is 2.40 bits per heavy atom. The third kappa shape index (κ3) is 1.01. The van der Waals surface area contributed by atoms with Crippen LogP contribution in [0.4, 0.5) is 4.39 Å². The van der Waals surface area contributed by atoms with Crippen molar-refractivity contribution in [3.05, 3.63) is 0 Å². The summed E-state index contributed by atoms with van der Waals surface area (Å²) in [4.78, 5) is 0. The maximum atomic E-state index is 11.9. The van der Waals surface area contributed by atoms with Crippen LogP contribution in [-0.4, -0.2) is 46.6 Å². The summed E-state index contributed by atoms with van der Waals surface area (Å²) < 4.78 is 16.3. The lowest BCUT2D eigenvalue weighted by molar-refractivity contribution is -0.223. The summed E-state index contributed by atoms with van der Waals surface area (Å²) in [6.07, 6.45) is -2.74. The first-order valence-corrected chi connectivity index (χ1v) is 2.88. The van der Waals surface area contributed by atoms with Gasteiger partial charge in [-0.15, -0.1) is 0 Å². The number of alkyl halides is 1. The van der Waals surface area contributed by atoms with Gasteiger partial charge in [0.2, 0.25) is 5.79 Å². The minimum atomic E-state index is -2.20. The van der Waals surface area contributed by atoms with E-state index in [2.05, 4.69) is 4.74 Å². The van der Waals surface area contributed by atoms with Gasteiger partial charge < -0.3 is 20.1 Å². The lowest BCUT2D eigenvalue weighted by Crippen LogP contribution is -2.44. The standard InChI is InChI=1S/C5H9FO4/c6-2-5(9)4(8)3(7)1-10-5/h3-4,7-9H,1-2H2/t3-,4+,5+/m1/s1. The molecule has 0 aromatic carbocycles. The summed E-state index contributed by atoms with van der Waals surface area (Å²) in [6, 6.07) is 0. The van der Waals surface area contributed by atoms with Crippen LogP contribution in [0.5, 0.6) is 0 Å². The molecule has 3 N–H and O–H groups in total. The van der Waals surface area contributed by atoms with Crippen molar-refractivity contribution in [3.63, 3.8) is 0 Å². The Hall–Kier alpha value is -0.230. The summed E-state index contributed by atoms with van der Waals surface area (Å²) in [7, 11) is 0. The molecule has 0 aliphatic carbocycles. The molecule has 1 fully saturated rings. The molecule has 0 saturated carbocycles. The number of halogens is 1. The van der Waals surface area contributed by atoms with Crippen molar-refractivity contribution in [1.82, 2.24) is 0 Å². The zero-order valence-electron chi connectivity index (χ0n) is 5.20. The molecule has 0 bridgehead atoms. The molecule has 1 aliphatic heterocycles. The van der Waals surface area contributed by atoms with Crippen molar-refractivity contribution in [2.45, 2.75) is 18.0 Å². The molecule has 0 unspecified atom stereocenters. The predicted molar refractivity (Wildman–Crippen MR) is 28.9 cm³/mol. The van der Waals surface area contributed by atoms with E-state index >= 15 is 0 Å². The van der Waals surface area contributed by atoms with E-state index in [1.165, 1.54) is 0 Å².